The molecule has 0 spiro atoms. The van der Waals surface area contributed by atoms with E-state index < -0.39 is 8.35 Å². The molecule has 0 saturated heterocycles. The maximum Gasteiger partial charge on any atom is 0.273 e. The molecule has 1 aromatic rings. The lowest BCUT2D eigenvalue weighted by atomic mass is 10.2. The first-order chi connectivity index (χ1) is 9.76. The summed E-state index contributed by atoms with van der Waals surface area (Å²) in [7, 11) is 0.297. The van der Waals surface area contributed by atoms with E-state index in [0.29, 0.717) is 0 Å². The molecule has 1 aromatic carbocycles. The Morgan fingerprint density at radius 1 is 1.35 bits per heavy atom. The van der Waals surface area contributed by atoms with Crippen LogP contribution in [0, 0.1) is 0 Å². The summed E-state index contributed by atoms with van der Waals surface area (Å²) in [5.41, 5.74) is 1.31. The average Bonchev–Trinajstić information content (AvgIpc) is 2.50. The SMILES string of the molecule is C=CN(CCNCCC[SiH](Cl)OC)Cc1ccccc1. The molecule has 0 aliphatic carbocycles. The zero-order chi connectivity index (χ0) is 14.6. The summed E-state index contributed by atoms with van der Waals surface area (Å²) in [6.07, 6.45) is 2.99. The quantitative estimate of drug-likeness (QED) is 0.386. The lowest BCUT2D eigenvalue weighted by Gasteiger charge is -2.20. The second kappa shape index (κ2) is 10.9. The minimum absolute atomic E-state index is 0.909. The number of hydrogen-bond donors (Lipinski definition) is 1. The van der Waals surface area contributed by atoms with Gasteiger partial charge >= 0.3 is 0 Å². The van der Waals surface area contributed by atoms with Crippen LogP contribution in [-0.2, 0) is 11.0 Å². The fraction of sp³-hybridized carbons (Fsp3) is 0.467. The Balaban J connectivity index is 2.11. The van der Waals surface area contributed by atoms with Gasteiger partial charge in [-0.1, -0.05) is 36.9 Å². The molecule has 0 amide bonds. The van der Waals surface area contributed by atoms with Crippen molar-refractivity contribution in [1.29, 1.82) is 0 Å². The molecule has 3 nitrogen and oxygen atoms in total. The number of rotatable bonds is 11. The van der Waals surface area contributed by atoms with Gasteiger partial charge in [0, 0.05) is 26.7 Å². The summed E-state index contributed by atoms with van der Waals surface area (Å²) in [5.74, 6) is 0. The highest BCUT2D eigenvalue weighted by Crippen LogP contribution is 2.04. The van der Waals surface area contributed by atoms with E-state index in [1.165, 1.54) is 5.56 Å². The highest BCUT2D eigenvalue weighted by molar-refractivity contribution is 7.03. The zero-order valence-electron chi connectivity index (χ0n) is 12.2. The Morgan fingerprint density at radius 2 is 2.10 bits per heavy atom. The Morgan fingerprint density at radius 3 is 2.75 bits per heavy atom. The van der Waals surface area contributed by atoms with Gasteiger partial charge in [0.1, 0.15) is 0 Å². The van der Waals surface area contributed by atoms with Crippen molar-refractivity contribution in [2.45, 2.75) is 19.0 Å². The lowest BCUT2D eigenvalue weighted by molar-refractivity contribution is 0.365. The van der Waals surface area contributed by atoms with Crippen molar-refractivity contribution in [2.24, 2.45) is 0 Å². The van der Waals surface area contributed by atoms with Gasteiger partial charge in [-0.05, 0) is 30.8 Å². The highest BCUT2D eigenvalue weighted by Gasteiger charge is 2.04. The zero-order valence-corrected chi connectivity index (χ0v) is 14.1. The van der Waals surface area contributed by atoms with Crippen molar-refractivity contribution in [3.63, 3.8) is 0 Å². The maximum atomic E-state index is 6.01. The van der Waals surface area contributed by atoms with Gasteiger partial charge in [-0.2, -0.15) is 0 Å². The molecule has 1 N–H and O–H groups in total. The van der Waals surface area contributed by atoms with Gasteiger partial charge < -0.3 is 14.6 Å². The summed E-state index contributed by atoms with van der Waals surface area (Å²) >= 11 is 6.01. The molecule has 0 bridgehead atoms. The number of benzene rings is 1. The van der Waals surface area contributed by atoms with Crippen molar-refractivity contribution < 1.29 is 4.43 Å². The van der Waals surface area contributed by atoms with E-state index in [1.54, 1.807) is 7.11 Å². The topological polar surface area (TPSA) is 24.5 Å². The Bertz CT molecular complexity index is 364. The lowest BCUT2D eigenvalue weighted by Crippen LogP contribution is -2.29. The molecule has 1 rings (SSSR count). The Kier molecular flexibility index (Phi) is 9.41. The molecule has 1 unspecified atom stereocenters. The van der Waals surface area contributed by atoms with E-state index in [-0.39, 0.29) is 0 Å². The monoisotopic (exact) mass is 312 g/mol. The van der Waals surface area contributed by atoms with Crippen LogP contribution >= 0.6 is 11.1 Å². The molecule has 0 aromatic heterocycles. The largest absolute Gasteiger partial charge is 0.409 e. The van der Waals surface area contributed by atoms with Gasteiger partial charge in [0.05, 0.1) is 0 Å². The van der Waals surface area contributed by atoms with Crippen LogP contribution in [0.1, 0.15) is 12.0 Å². The van der Waals surface area contributed by atoms with E-state index in [2.05, 4.69) is 41.1 Å². The molecule has 0 heterocycles. The number of nitrogens with one attached hydrogen (secondary N) is 1. The molecule has 112 valence electrons. The van der Waals surface area contributed by atoms with Crippen molar-refractivity contribution >= 4 is 19.4 Å². The first-order valence-corrected chi connectivity index (χ1v) is 10.1. The molecule has 0 saturated carbocycles. The molecule has 1 atom stereocenters. The van der Waals surface area contributed by atoms with Crippen LogP contribution in [0.5, 0.6) is 0 Å². The normalized spacial score (nSPS) is 12.1. The average molecular weight is 313 g/mol. The predicted octanol–water partition coefficient (Wildman–Crippen LogP) is 2.72. The third kappa shape index (κ3) is 7.70. The van der Waals surface area contributed by atoms with Gasteiger partial charge in [-0.15, -0.1) is 11.1 Å². The fourth-order valence-corrected chi connectivity index (χ4v) is 3.13. The summed E-state index contributed by atoms with van der Waals surface area (Å²) in [6.45, 7) is 7.70. The van der Waals surface area contributed by atoms with Gasteiger partial charge in [-0.3, -0.25) is 0 Å². The second-order valence-electron chi connectivity index (χ2n) is 4.68. The van der Waals surface area contributed by atoms with E-state index in [9.17, 15) is 0 Å². The molecule has 20 heavy (non-hydrogen) atoms. The standard InChI is InChI=1S/C15H25ClN2OSi/c1-3-18(14-15-8-5-4-6-9-15)12-11-17-10-7-13-20(16)19-2/h3-6,8-9,17,20H,1,7,10-14H2,2H3. The van der Waals surface area contributed by atoms with E-state index >= 15 is 0 Å². The highest BCUT2D eigenvalue weighted by atomic mass is 35.6. The summed E-state index contributed by atoms with van der Waals surface area (Å²) in [6, 6.07) is 11.5. The summed E-state index contributed by atoms with van der Waals surface area (Å²) < 4.78 is 5.13. The Hall–Kier alpha value is -0.813. The van der Waals surface area contributed by atoms with Crippen LogP contribution in [0.25, 0.3) is 0 Å². The van der Waals surface area contributed by atoms with E-state index in [1.807, 2.05) is 12.3 Å². The first-order valence-electron chi connectivity index (χ1n) is 7.04. The molecule has 0 radical (unpaired) electrons. The molecule has 0 fully saturated rings. The molecule has 5 heteroatoms. The first kappa shape index (κ1) is 17.2. The van der Waals surface area contributed by atoms with Crippen molar-refractivity contribution in [1.82, 2.24) is 10.2 Å². The third-order valence-electron chi connectivity index (χ3n) is 3.10. The van der Waals surface area contributed by atoms with Crippen LogP contribution in [0.4, 0.5) is 0 Å². The molecular weight excluding hydrogens is 288 g/mol. The summed E-state index contributed by atoms with van der Waals surface area (Å²) in [5, 5.41) is 3.43. The number of nitrogens with zero attached hydrogens (tertiary/aromatic N) is 1. The van der Waals surface area contributed by atoms with Crippen LogP contribution in [0.2, 0.25) is 6.04 Å². The van der Waals surface area contributed by atoms with Gasteiger partial charge in [0.15, 0.2) is 0 Å². The molecule has 0 aliphatic rings. The molecule has 0 aliphatic heterocycles. The molecular formula is C15H25ClN2OSi. The third-order valence-corrected chi connectivity index (χ3v) is 5.67. The van der Waals surface area contributed by atoms with Crippen molar-refractivity contribution in [3.05, 3.63) is 48.7 Å². The van der Waals surface area contributed by atoms with Crippen LogP contribution in [0.15, 0.2) is 43.1 Å². The minimum Gasteiger partial charge on any atom is -0.409 e. The van der Waals surface area contributed by atoms with E-state index in [4.69, 9.17) is 15.5 Å². The summed E-state index contributed by atoms with van der Waals surface area (Å²) in [4.78, 5) is 2.22. The minimum atomic E-state index is -1.40. The predicted molar refractivity (Wildman–Crippen MR) is 89.4 cm³/mol. The van der Waals surface area contributed by atoms with Crippen LogP contribution in [0.3, 0.4) is 0 Å². The van der Waals surface area contributed by atoms with Gasteiger partial charge in [0.2, 0.25) is 0 Å². The van der Waals surface area contributed by atoms with Gasteiger partial charge in [-0.25, -0.2) is 0 Å². The second-order valence-corrected chi connectivity index (χ2v) is 8.01. The van der Waals surface area contributed by atoms with Gasteiger partial charge in [0.25, 0.3) is 8.35 Å². The smallest absolute Gasteiger partial charge is 0.273 e. The number of hydrogen-bond acceptors (Lipinski definition) is 3. The van der Waals surface area contributed by atoms with Crippen molar-refractivity contribution in [2.75, 3.05) is 26.7 Å². The maximum absolute atomic E-state index is 6.01. The Labute approximate surface area is 129 Å². The van der Waals surface area contributed by atoms with Crippen LogP contribution in [-0.4, -0.2) is 40.0 Å². The number of halogens is 1. The van der Waals surface area contributed by atoms with E-state index in [0.717, 1.165) is 38.6 Å². The van der Waals surface area contributed by atoms with Crippen LogP contribution < -0.4 is 5.32 Å². The van der Waals surface area contributed by atoms with Crippen molar-refractivity contribution in [3.8, 4) is 0 Å². The fourth-order valence-electron chi connectivity index (χ4n) is 1.91.